The number of hydrogen-bond acceptors (Lipinski definition) is 3. The molecule has 0 aliphatic carbocycles. The molecule has 2 amide bonds. The van der Waals surface area contributed by atoms with E-state index >= 15 is 0 Å². The second kappa shape index (κ2) is 6.71. The van der Waals surface area contributed by atoms with Gasteiger partial charge in [-0.05, 0) is 18.6 Å². The number of hydrogen-bond donors (Lipinski definition) is 2. The molecule has 2 heterocycles. The number of carbonyl (C=O) groups excluding carboxylic acids is 1. The molecule has 2 N–H and O–H groups in total. The summed E-state index contributed by atoms with van der Waals surface area (Å²) < 4.78 is 1.98. The predicted molar refractivity (Wildman–Crippen MR) is 85.6 cm³/mol. The number of benzene rings is 1. The Bertz CT molecular complexity index is 749. The minimum Gasteiger partial charge on any atom is -0.338 e. The quantitative estimate of drug-likeness (QED) is 0.711. The van der Waals surface area contributed by atoms with Gasteiger partial charge in [0, 0.05) is 48.6 Å². The van der Waals surface area contributed by atoms with E-state index in [0.717, 1.165) is 29.4 Å². The highest BCUT2D eigenvalue weighted by atomic mass is 16.2. The summed E-state index contributed by atoms with van der Waals surface area (Å²) in [6.07, 6.45) is 9.77. The molecule has 112 valence electrons. The first-order valence-electron chi connectivity index (χ1n) is 7.16. The summed E-state index contributed by atoms with van der Waals surface area (Å²) in [5, 5.41) is 7.72. The maximum absolute atomic E-state index is 12.0. The Balaban J connectivity index is 1.52. The maximum Gasteiger partial charge on any atom is 0.319 e. The van der Waals surface area contributed by atoms with Gasteiger partial charge in [0.1, 0.15) is 0 Å². The number of nitrogens with zero attached hydrogens (tertiary/aromatic N) is 3. The molecular formula is C16H17N5O. The van der Waals surface area contributed by atoms with Gasteiger partial charge in [-0.3, -0.25) is 4.98 Å². The van der Waals surface area contributed by atoms with Crippen LogP contribution >= 0.6 is 0 Å². The molecule has 0 aliphatic rings. The van der Waals surface area contributed by atoms with Crippen molar-refractivity contribution in [2.45, 2.75) is 13.0 Å². The summed E-state index contributed by atoms with van der Waals surface area (Å²) >= 11 is 0. The highest BCUT2D eigenvalue weighted by Gasteiger charge is 2.04. The van der Waals surface area contributed by atoms with E-state index in [2.05, 4.69) is 20.6 Å². The number of carbonyl (C=O) groups is 1. The fourth-order valence-corrected chi connectivity index (χ4v) is 2.28. The third-order valence-electron chi connectivity index (χ3n) is 3.37. The fraction of sp³-hybridized carbons (Fsp3) is 0.188. The van der Waals surface area contributed by atoms with Crippen molar-refractivity contribution in [2.24, 2.45) is 0 Å². The molecule has 0 aliphatic heterocycles. The Labute approximate surface area is 128 Å². The molecule has 1 aromatic carbocycles. The largest absolute Gasteiger partial charge is 0.338 e. The zero-order chi connectivity index (χ0) is 15.2. The molecule has 3 aromatic rings. The molecule has 0 saturated carbocycles. The van der Waals surface area contributed by atoms with Crippen molar-refractivity contribution in [3.8, 4) is 0 Å². The summed E-state index contributed by atoms with van der Waals surface area (Å²) in [6, 6.07) is 7.45. The molecule has 0 fully saturated rings. The summed E-state index contributed by atoms with van der Waals surface area (Å²) in [7, 11) is 0. The lowest BCUT2D eigenvalue weighted by atomic mass is 10.1. The third kappa shape index (κ3) is 3.41. The molecular weight excluding hydrogens is 278 g/mol. The first kappa shape index (κ1) is 14.1. The SMILES string of the molecule is O=C(NCCCn1ccnc1)Nc1cccc2cnccc12. The first-order chi connectivity index (χ1) is 10.8. The molecule has 6 heteroatoms. The second-order valence-electron chi connectivity index (χ2n) is 4.94. The Morgan fingerprint density at radius 3 is 3.00 bits per heavy atom. The van der Waals surface area contributed by atoms with Gasteiger partial charge in [0.05, 0.1) is 12.0 Å². The Morgan fingerprint density at radius 2 is 2.14 bits per heavy atom. The van der Waals surface area contributed by atoms with Gasteiger partial charge in [-0.25, -0.2) is 9.78 Å². The zero-order valence-electron chi connectivity index (χ0n) is 12.1. The number of aromatic nitrogens is 3. The van der Waals surface area contributed by atoms with Gasteiger partial charge in [-0.1, -0.05) is 12.1 Å². The standard InChI is InChI=1S/C16H17N5O/c22-16(19-6-2-9-21-10-8-18-12-21)20-15-4-1-3-13-11-17-7-5-14(13)15/h1,3-5,7-8,10-12H,2,6,9H2,(H2,19,20,22). The van der Waals surface area contributed by atoms with E-state index in [4.69, 9.17) is 0 Å². The van der Waals surface area contributed by atoms with E-state index in [-0.39, 0.29) is 6.03 Å². The number of pyridine rings is 1. The smallest absolute Gasteiger partial charge is 0.319 e. The van der Waals surface area contributed by atoms with Crippen LogP contribution in [0.5, 0.6) is 0 Å². The van der Waals surface area contributed by atoms with Crippen molar-refractivity contribution in [2.75, 3.05) is 11.9 Å². The lowest BCUT2D eigenvalue weighted by Crippen LogP contribution is -2.30. The fourth-order valence-electron chi connectivity index (χ4n) is 2.28. The van der Waals surface area contributed by atoms with Crippen molar-refractivity contribution in [1.29, 1.82) is 0 Å². The van der Waals surface area contributed by atoms with Crippen LogP contribution in [0.1, 0.15) is 6.42 Å². The Kier molecular flexibility index (Phi) is 4.29. The van der Waals surface area contributed by atoms with Crippen molar-refractivity contribution in [3.05, 3.63) is 55.4 Å². The van der Waals surface area contributed by atoms with Crippen molar-refractivity contribution in [1.82, 2.24) is 19.9 Å². The molecule has 0 unspecified atom stereocenters. The maximum atomic E-state index is 12.0. The topological polar surface area (TPSA) is 71.8 Å². The lowest BCUT2D eigenvalue weighted by Gasteiger charge is -2.10. The van der Waals surface area contributed by atoms with E-state index in [1.54, 1.807) is 24.9 Å². The molecule has 0 saturated heterocycles. The van der Waals surface area contributed by atoms with E-state index < -0.39 is 0 Å². The van der Waals surface area contributed by atoms with Crippen LogP contribution in [0.4, 0.5) is 10.5 Å². The second-order valence-corrected chi connectivity index (χ2v) is 4.94. The van der Waals surface area contributed by atoms with E-state index in [9.17, 15) is 4.79 Å². The lowest BCUT2D eigenvalue weighted by molar-refractivity contribution is 0.252. The van der Waals surface area contributed by atoms with Crippen LogP contribution < -0.4 is 10.6 Å². The molecule has 0 atom stereocenters. The van der Waals surface area contributed by atoms with Crippen LogP contribution in [-0.4, -0.2) is 27.1 Å². The molecule has 22 heavy (non-hydrogen) atoms. The van der Waals surface area contributed by atoms with Gasteiger partial charge in [0.2, 0.25) is 0 Å². The average Bonchev–Trinajstić information content (AvgIpc) is 3.05. The van der Waals surface area contributed by atoms with Crippen LogP contribution in [0.25, 0.3) is 10.8 Å². The highest BCUT2D eigenvalue weighted by molar-refractivity contribution is 6.01. The van der Waals surface area contributed by atoms with Crippen LogP contribution in [0.15, 0.2) is 55.4 Å². The van der Waals surface area contributed by atoms with Gasteiger partial charge in [0.25, 0.3) is 0 Å². The number of urea groups is 1. The minimum absolute atomic E-state index is 0.199. The Morgan fingerprint density at radius 1 is 1.18 bits per heavy atom. The van der Waals surface area contributed by atoms with Crippen LogP contribution in [-0.2, 0) is 6.54 Å². The number of aryl methyl sites for hydroxylation is 1. The number of amides is 2. The molecule has 0 radical (unpaired) electrons. The Hall–Kier alpha value is -2.89. The average molecular weight is 295 g/mol. The van der Waals surface area contributed by atoms with Crippen molar-refractivity contribution in [3.63, 3.8) is 0 Å². The number of rotatable bonds is 5. The van der Waals surface area contributed by atoms with E-state index in [1.165, 1.54) is 0 Å². The van der Waals surface area contributed by atoms with Gasteiger partial charge >= 0.3 is 6.03 Å². The van der Waals surface area contributed by atoms with Gasteiger partial charge in [-0.2, -0.15) is 0 Å². The summed E-state index contributed by atoms with van der Waals surface area (Å²) in [5.74, 6) is 0. The van der Waals surface area contributed by atoms with Crippen molar-refractivity contribution >= 4 is 22.5 Å². The summed E-state index contributed by atoms with van der Waals surface area (Å²) in [4.78, 5) is 20.0. The van der Waals surface area contributed by atoms with Crippen LogP contribution in [0.2, 0.25) is 0 Å². The summed E-state index contributed by atoms with van der Waals surface area (Å²) in [5.41, 5.74) is 0.784. The number of imidazole rings is 1. The van der Waals surface area contributed by atoms with Gasteiger partial charge in [-0.15, -0.1) is 0 Å². The van der Waals surface area contributed by atoms with Crippen LogP contribution in [0, 0.1) is 0 Å². The summed E-state index contributed by atoms with van der Waals surface area (Å²) in [6.45, 7) is 1.44. The highest BCUT2D eigenvalue weighted by Crippen LogP contribution is 2.21. The molecule has 2 aromatic heterocycles. The molecule has 0 spiro atoms. The van der Waals surface area contributed by atoms with Gasteiger partial charge in [0.15, 0.2) is 0 Å². The molecule has 3 rings (SSSR count). The molecule has 6 nitrogen and oxygen atoms in total. The van der Waals surface area contributed by atoms with Crippen molar-refractivity contribution < 1.29 is 4.79 Å². The van der Waals surface area contributed by atoms with E-state index in [0.29, 0.717) is 6.54 Å². The number of nitrogens with one attached hydrogen (secondary N) is 2. The monoisotopic (exact) mass is 295 g/mol. The predicted octanol–water partition coefficient (Wildman–Crippen LogP) is 2.64. The minimum atomic E-state index is -0.199. The normalized spacial score (nSPS) is 10.5. The first-order valence-corrected chi connectivity index (χ1v) is 7.16. The van der Waals surface area contributed by atoms with Crippen LogP contribution in [0.3, 0.4) is 0 Å². The third-order valence-corrected chi connectivity index (χ3v) is 3.37. The van der Waals surface area contributed by atoms with E-state index in [1.807, 2.05) is 35.0 Å². The number of fused-ring (bicyclic) bond motifs is 1. The zero-order valence-corrected chi connectivity index (χ0v) is 12.1. The van der Waals surface area contributed by atoms with Gasteiger partial charge < -0.3 is 15.2 Å². The number of anilines is 1. The molecule has 0 bridgehead atoms.